The molecule has 0 spiro atoms. The fourth-order valence-corrected chi connectivity index (χ4v) is 2.50. The van der Waals surface area contributed by atoms with E-state index in [4.69, 9.17) is 9.47 Å². The molecule has 0 aliphatic heterocycles. The Hall–Kier alpha value is -3.16. The van der Waals surface area contributed by atoms with Gasteiger partial charge in [-0.05, 0) is 50.1 Å². The van der Waals surface area contributed by atoms with Crippen molar-refractivity contribution in [3.05, 3.63) is 47.5 Å². The summed E-state index contributed by atoms with van der Waals surface area (Å²) in [5.74, 6) is 1.92. The van der Waals surface area contributed by atoms with Crippen LogP contribution in [0.5, 0.6) is 11.5 Å². The van der Waals surface area contributed by atoms with Gasteiger partial charge < -0.3 is 9.47 Å². The van der Waals surface area contributed by atoms with Crippen molar-refractivity contribution in [3.8, 4) is 17.4 Å². The van der Waals surface area contributed by atoms with Crippen LogP contribution < -0.4 is 9.47 Å². The highest BCUT2D eigenvalue weighted by Gasteiger charge is 2.10. The third kappa shape index (κ3) is 3.74. The second-order valence-corrected chi connectivity index (χ2v) is 5.82. The van der Waals surface area contributed by atoms with E-state index in [1.807, 2.05) is 38.1 Å². The number of hydrogen-bond donors (Lipinski definition) is 0. The van der Waals surface area contributed by atoms with Crippen molar-refractivity contribution in [2.24, 2.45) is 5.10 Å². The number of aromatic nitrogens is 5. The fraction of sp³-hybridized carbons (Fsp3) is 0.333. The maximum atomic E-state index is 5.73. The van der Waals surface area contributed by atoms with E-state index in [0.717, 1.165) is 23.4 Å². The topological polar surface area (TPSA) is 79.4 Å². The standard InChI is InChI=1S/C18H22N6O2/c1-5-8-26-17-10-15(6-7-16(17)25-4)11-20-23-12-19-21-18(23)24-14(3)9-13(2)22-24/h6-7,9-12H,5,8H2,1-4H3/b20-11-. The minimum atomic E-state index is 0.530. The van der Waals surface area contributed by atoms with Crippen molar-refractivity contribution in [1.29, 1.82) is 0 Å². The molecule has 136 valence electrons. The number of rotatable bonds is 7. The van der Waals surface area contributed by atoms with Crippen molar-refractivity contribution < 1.29 is 9.47 Å². The predicted molar refractivity (Wildman–Crippen MR) is 98.4 cm³/mol. The van der Waals surface area contributed by atoms with Crippen LogP contribution in [0.1, 0.15) is 30.3 Å². The summed E-state index contributed by atoms with van der Waals surface area (Å²) in [5, 5.41) is 16.9. The molecule has 3 rings (SSSR count). The summed E-state index contributed by atoms with van der Waals surface area (Å²) < 4.78 is 14.4. The smallest absolute Gasteiger partial charge is 0.273 e. The maximum Gasteiger partial charge on any atom is 0.273 e. The molecule has 0 unspecified atom stereocenters. The Labute approximate surface area is 152 Å². The predicted octanol–water partition coefficient (Wildman–Crippen LogP) is 2.76. The molecule has 0 saturated heterocycles. The number of methoxy groups -OCH3 is 1. The average molecular weight is 354 g/mol. The third-order valence-electron chi connectivity index (χ3n) is 3.69. The van der Waals surface area contributed by atoms with E-state index < -0.39 is 0 Å². The monoisotopic (exact) mass is 354 g/mol. The number of hydrogen-bond acceptors (Lipinski definition) is 6. The summed E-state index contributed by atoms with van der Waals surface area (Å²) in [5.41, 5.74) is 2.76. The Morgan fingerprint density at radius 3 is 2.73 bits per heavy atom. The van der Waals surface area contributed by atoms with E-state index in [0.29, 0.717) is 24.1 Å². The van der Waals surface area contributed by atoms with Crippen molar-refractivity contribution >= 4 is 6.21 Å². The van der Waals surface area contributed by atoms with Gasteiger partial charge in [-0.15, -0.1) is 10.2 Å². The van der Waals surface area contributed by atoms with E-state index in [1.54, 1.807) is 29.0 Å². The Bertz CT molecular complexity index is 912. The number of benzene rings is 1. The molecule has 0 aliphatic rings. The van der Waals surface area contributed by atoms with Crippen LogP contribution in [0.4, 0.5) is 0 Å². The third-order valence-corrected chi connectivity index (χ3v) is 3.69. The zero-order valence-electron chi connectivity index (χ0n) is 15.4. The first-order valence-corrected chi connectivity index (χ1v) is 8.41. The summed E-state index contributed by atoms with van der Waals surface area (Å²) in [6, 6.07) is 7.64. The van der Waals surface area contributed by atoms with Gasteiger partial charge in [0.05, 0.1) is 25.6 Å². The lowest BCUT2D eigenvalue weighted by atomic mass is 10.2. The van der Waals surface area contributed by atoms with Gasteiger partial charge in [-0.25, -0.2) is 4.68 Å². The molecule has 3 aromatic rings. The molecule has 26 heavy (non-hydrogen) atoms. The molecular weight excluding hydrogens is 332 g/mol. The molecule has 0 N–H and O–H groups in total. The van der Waals surface area contributed by atoms with Gasteiger partial charge in [0.15, 0.2) is 11.5 Å². The molecule has 0 bridgehead atoms. The molecule has 1 aromatic carbocycles. The van der Waals surface area contributed by atoms with Gasteiger partial charge in [-0.2, -0.15) is 14.9 Å². The van der Waals surface area contributed by atoms with Crippen LogP contribution in [0.2, 0.25) is 0 Å². The highest BCUT2D eigenvalue weighted by Crippen LogP contribution is 2.27. The van der Waals surface area contributed by atoms with Crippen LogP contribution in [0.3, 0.4) is 0 Å². The van der Waals surface area contributed by atoms with Crippen molar-refractivity contribution in [2.75, 3.05) is 13.7 Å². The first-order valence-electron chi connectivity index (χ1n) is 8.41. The highest BCUT2D eigenvalue weighted by atomic mass is 16.5. The van der Waals surface area contributed by atoms with Crippen LogP contribution in [0.25, 0.3) is 5.95 Å². The molecule has 0 fully saturated rings. The van der Waals surface area contributed by atoms with E-state index in [1.165, 1.54) is 0 Å². The molecule has 8 nitrogen and oxygen atoms in total. The average Bonchev–Trinajstić information content (AvgIpc) is 3.23. The molecular formula is C18H22N6O2. The lowest BCUT2D eigenvalue weighted by molar-refractivity contribution is 0.294. The van der Waals surface area contributed by atoms with Gasteiger partial charge in [0.2, 0.25) is 0 Å². The van der Waals surface area contributed by atoms with Crippen LogP contribution in [-0.4, -0.2) is 44.6 Å². The van der Waals surface area contributed by atoms with E-state index >= 15 is 0 Å². The second-order valence-electron chi connectivity index (χ2n) is 5.82. The molecule has 0 radical (unpaired) electrons. The molecule has 0 saturated carbocycles. The largest absolute Gasteiger partial charge is 0.493 e. The number of aryl methyl sites for hydroxylation is 2. The first kappa shape index (κ1) is 17.7. The lowest BCUT2D eigenvalue weighted by Gasteiger charge is -2.10. The summed E-state index contributed by atoms with van der Waals surface area (Å²) in [6.07, 6.45) is 4.19. The zero-order valence-corrected chi connectivity index (χ0v) is 15.4. The van der Waals surface area contributed by atoms with Gasteiger partial charge >= 0.3 is 0 Å². The van der Waals surface area contributed by atoms with Crippen LogP contribution in [0, 0.1) is 13.8 Å². The normalized spacial score (nSPS) is 11.2. The van der Waals surface area contributed by atoms with E-state index in [2.05, 4.69) is 27.3 Å². The maximum absolute atomic E-state index is 5.73. The van der Waals surface area contributed by atoms with Crippen molar-refractivity contribution in [2.45, 2.75) is 27.2 Å². The summed E-state index contributed by atoms with van der Waals surface area (Å²) >= 11 is 0. The highest BCUT2D eigenvalue weighted by molar-refractivity contribution is 5.80. The van der Waals surface area contributed by atoms with Gasteiger partial charge in [0, 0.05) is 5.69 Å². The SMILES string of the molecule is CCCOc1cc(/C=N\n2cnnc2-n2nc(C)cc2C)ccc1OC. The second kappa shape index (κ2) is 7.81. The quantitative estimate of drug-likeness (QED) is 0.610. The van der Waals surface area contributed by atoms with Gasteiger partial charge in [0.1, 0.15) is 6.33 Å². The first-order chi connectivity index (χ1) is 12.6. The van der Waals surface area contributed by atoms with Gasteiger partial charge in [-0.3, -0.25) is 0 Å². The molecule has 8 heteroatoms. The van der Waals surface area contributed by atoms with Crippen LogP contribution in [0.15, 0.2) is 35.7 Å². The minimum absolute atomic E-state index is 0.530. The zero-order chi connectivity index (χ0) is 18.5. The van der Waals surface area contributed by atoms with Gasteiger partial charge in [-0.1, -0.05) is 6.92 Å². The summed E-state index contributed by atoms with van der Waals surface area (Å²) in [6.45, 7) is 6.58. The number of nitrogens with zero attached hydrogens (tertiary/aromatic N) is 6. The van der Waals surface area contributed by atoms with Crippen molar-refractivity contribution in [3.63, 3.8) is 0 Å². The van der Waals surface area contributed by atoms with Crippen LogP contribution in [-0.2, 0) is 0 Å². The molecule has 2 aromatic heterocycles. The Kier molecular flexibility index (Phi) is 5.31. The van der Waals surface area contributed by atoms with E-state index in [9.17, 15) is 0 Å². The number of ether oxygens (including phenoxy) is 2. The van der Waals surface area contributed by atoms with Crippen LogP contribution >= 0.6 is 0 Å². The summed E-state index contributed by atoms with van der Waals surface area (Å²) in [7, 11) is 1.62. The lowest BCUT2D eigenvalue weighted by Crippen LogP contribution is -2.06. The summed E-state index contributed by atoms with van der Waals surface area (Å²) in [4.78, 5) is 0. The molecule has 0 aliphatic carbocycles. The minimum Gasteiger partial charge on any atom is -0.493 e. The molecule has 0 amide bonds. The van der Waals surface area contributed by atoms with Gasteiger partial charge in [0.25, 0.3) is 5.95 Å². The molecule has 0 atom stereocenters. The Morgan fingerprint density at radius 2 is 2.04 bits per heavy atom. The Morgan fingerprint density at radius 1 is 1.19 bits per heavy atom. The fourth-order valence-electron chi connectivity index (χ4n) is 2.50. The molecule has 2 heterocycles. The van der Waals surface area contributed by atoms with E-state index in [-0.39, 0.29) is 0 Å². The van der Waals surface area contributed by atoms with Crippen molar-refractivity contribution in [1.82, 2.24) is 24.7 Å². The Balaban J connectivity index is 1.87.